The van der Waals surface area contributed by atoms with E-state index in [9.17, 15) is 0 Å². The molecule has 84 valence electrons. The predicted octanol–water partition coefficient (Wildman–Crippen LogP) is 0.986. The highest BCUT2D eigenvalue weighted by atomic mass is 16.5. The molecule has 0 aliphatic heterocycles. The highest BCUT2D eigenvalue weighted by Crippen LogP contribution is 1.85. The summed E-state index contributed by atoms with van der Waals surface area (Å²) in [6, 6.07) is 0.285. The number of nitrogens with zero attached hydrogens (tertiary/aromatic N) is 1. The van der Waals surface area contributed by atoms with Crippen molar-refractivity contribution >= 4 is 5.96 Å². The first-order chi connectivity index (χ1) is 6.74. The molecule has 2 N–H and O–H groups in total. The second-order valence-corrected chi connectivity index (χ2v) is 3.35. The van der Waals surface area contributed by atoms with E-state index in [1.807, 2.05) is 0 Å². The van der Waals surface area contributed by atoms with Crippen LogP contribution in [0.15, 0.2) is 4.99 Å². The van der Waals surface area contributed by atoms with E-state index in [0.29, 0.717) is 6.61 Å². The van der Waals surface area contributed by atoms with Crippen LogP contribution in [0, 0.1) is 0 Å². The van der Waals surface area contributed by atoms with Gasteiger partial charge in [-0.3, -0.25) is 4.99 Å². The Morgan fingerprint density at radius 3 is 2.71 bits per heavy atom. The SMILES string of the molecule is CCCCNC(=NC)NC(C)COC. The lowest BCUT2D eigenvalue weighted by Gasteiger charge is -2.16. The summed E-state index contributed by atoms with van der Waals surface area (Å²) in [6.07, 6.45) is 2.36. The van der Waals surface area contributed by atoms with Crippen molar-refractivity contribution in [2.75, 3.05) is 27.3 Å². The van der Waals surface area contributed by atoms with Crippen molar-refractivity contribution in [3.8, 4) is 0 Å². The molecule has 0 aromatic rings. The number of methoxy groups -OCH3 is 1. The molecule has 0 saturated heterocycles. The Labute approximate surface area is 87.1 Å². The van der Waals surface area contributed by atoms with Crippen LogP contribution in [0.25, 0.3) is 0 Å². The Hall–Kier alpha value is -0.770. The number of nitrogens with one attached hydrogen (secondary N) is 2. The molecule has 0 aromatic carbocycles. The number of rotatable bonds is 6. The van der Waals surface area contributed by atoms with Gasteiger partial charge in [0.2, 0.25) is 0 Å². The summed E-state index contributed by atoms with van der Waals surface area (Å²) in [7, 11) is 3.48. The van der Waals surface area contributed by atoms with Crippen molar-refractivity contribution < 1.29 is 4.74 Å². The van der Waals surface area contributed by atoms with Crippen LogP contribution in [0.5, 0.6) is 0 Å². The first-order valence-electron chi connectivity index (χ1n) is 5.20. The maximum Gasteiger partial charge on any atom is 0.191 e. The van der Waals surface area contributed by atoms with E-state index in [4.69, 9.17) is 4.74 Å². The Bertz CT molecular complexity index is 159. The van der Waals surface area contributed by atoms with Crippen molar-refractivity contribution in [3.05, 3.63) is 0 Å². The van der Waals surface area contributed by atoms with Gasteiger partial charge in [-0.15, -0.1) is 0 Å². The molecule has 0 amide bonds. The van der Waals surface area contributed by atoms with Crippen molar-refractivity contribution in [2.24, 2.45) is 4.99 Å². The molecule has 0 heterocycles. The molecule has 0 saturated carbocycles. The zero-order chi connectivity index (χ0) is 10.8. The molecule has 14 heavy (non-hydrogen) atoms. The topological polar surface area (TPSA) is 45.7 Å². The minimum Gasteiger partial charge on any atom is -0.383 e. The van der Waals surface area contributed by atoms with Crippen LogP contribution in [0.3, 0.4) is 0 Å². The monoisotopic (exact) mass is 201 g/mol. The lowest BCUT2D eigenvalue weighted by Crippen LogP contribution is -2.44. The van der Waals surface area contributed by atoms with Gasteiger partial charge in [-0.05, 0) is 13.3 Å². The molecule has 0 aliphatic carbocycles. The normalized spacial score (nSPS) is 13.9. The van der Waals surface area contributed by atoms with Gasteiger partial charge < -0.3 is 15.4 Å². The molecule has 4 heteroatoms. The molecule has 0 aromatic heterocycles. The van der Waals surface area contributed by atoms with E-state index < -0.39 is 0 Å². The maximum absolute atomic E-state index is 5.03. The van der Waals surface area contributed by atoms with Gasteiger partial charge >= 0.3 is 0 Å². The van der Waals surface area contributed by atoms with Crippen molar-refractivity contribution in [1.29, 1.82) is 0 Å². The van der Waals surface area contributed by atoms with Gasteiger partial charge in [-0.1, -0.05) is 13.3 Å². The van der Waals surface area contributed by atoms with Crippen molar-refractivity contribution in [1.82, 2.24) is 10.6 Å². The van der Waals surface area contributed by atoms with Crippen LogP contribution in [0.2, 0.25) is 0 Å². The second-order valence-electron chi connectivity index (χ2n) is 3.35. The molecule has 0 bridgehead atoms. The summed E-state index contributed by atoms with van der Waals surface area (Å²) >= 11 is 0. The van der Waals surface area contributed by atoms with Gasteiger partial charge in [-0.2, -0.15) is 0 Å². The fourth-order valence-electron chi connectivity index (χ4n) is 1.10. The minimum atomic E-state index is 0.285. The molecular weight excluding hydrogens is 178 g/mol. The second kappa shape index (κ2) is 8.81. The van der Waals surface area contributed by atoms with E-state index in [1.54, 1.807) is 14.2 Å². The molecule has 1 unspecified atom stereocenters. The third-order valence-corrected chi connectivity index (χ3v) is 1.85. The summed E-state index contributed by atoms with van der Waals surface area (Å²) in [5, 5.41) is 6.48. The molecule has 0 radical (unpaired) electrons. The largest absolute Gasteiger partial charge is 0.383 e. The predicted molar refractivity (Wildman–Crippen MR) is 60.7 cm³/mol. The van der Waals surface area contributed by atoms with Gasteiger partial charge in [0.25, 0.3) is 0 Å². The van der Waals surface area contributed by atoms with Crippen molar-refractivity contribution in [2.45, 2.75) is 32.7 Å². The van der Waals surface area contributed by atoms with Crippen LogP contribution in [-0.4, -0.2) is 39.3 Å². The smallest absolute Gasteiger partial charge is 0.191 e. The summed E-state index contributed by atoms with van der Waals surface area (Å²) in [5.41, 5.74) is 0. The number of hydrogen-bond donors (Lipinski definition) is 2. The summed E-state index contributed by atoms with van der Waals surface area (Å²) in [5.74, 6) is 0.850. The quantitative estimate of drug-likeness (QED) is 0.383. The van der Waals surface area contributed by atoms with Gasteiger partial charge in [0.05, 0.1) is 6.61 Å². The number of guanidine groups is 1. The van der Waals surface area contributed by atoms with E-state index in [0.717, 1.165) is 12.5 Å². The Kier molecular flexibility index (Phi) is 8.33. The highest BCUT2D eigenvalue weighted by Gasteiger charge is 2.02. The first-order valence-corrected chi connectivity index (χ1v) is 5.20. The van der Waals surface area contributed by atoms with Crippen molar-refractivity contribution in [3.63, 3.8) is 0 Å². The lowest BCUT2D eigenvalue weighted by atomic mass is 10.3. The third kappa shape index (κ3) is 6.71. The van der Waals surface area contributed by atoms with E-state index >= 15 is 0 Å². The van der Waals surface area contributed by atoms with Crippen LogP contribution in [-0.2, 0) is 4.74 Å². The highest BCUT2D eigenvalue weighted by molar-refractivity contribution is 5.79. The number of ether oxygens (including phenoxy) is 1. The zero-order valence-corrected chi connectivity index (χ0v) is 9.76. The Balaban J connectivity index is 3.68. The number of unbranched alkanes of at least 4 members (excludes halogenated alkanes) is 1. The zero-order valence-electron chi connectivity index (χ0n) is 9.76. The number of hydrogen-bond acceptors (Lipinski definition) is 2. The molecule has 4 nitrogen and oxygen atoms in total. The molecule has 1 atom stereocenters. The molecular formula is C10H23N3O. The first kappa shape index (κ1) is 13.2. The standard InChI is InChI=1S/C10H23N3O/c1-5-6-7-12-10(11-3)13-9(2)8-14-4/h9H,5-8H2,1-4H3,(H2,11,12,13). The van der Waals surface area contributed by atoms with Gasteiger partial charge in [0.15, 0.2) is 5.96 Å². The van der Waals surface area contributed by atoms with Crippen LogP contribution < -0.4 is 10.6 Å². The number of aliphatic imine (C=N–C) groups is 1. The fraction of sp³-hybridized carbons (Fsp3) is 0.900. The van der Waals surface area contributed by atoms with Gasteiger partial charge in [0, 0.05) is 26.7 Å². The summed E-state index contributed by atoms with van der Waals surface area (Å²) in [4.78, 5) is 4.12. The Morgan fingerprint density at radius 2 is 2.21 bits per heavy atom. The minimum absolute atomic E-state index is 0.285. The van der Waals surface area contributed by atoms with Crippen LogP contribution >= 0.6 is 0 Å². The summed E-state index contributed by atoms with van der Waals surface area (Å²) < 4.78 is 5.03. The van der Waals surface area contributed by atoms with Gasteiger partial charge in [-0.25, -0.2) is 0 Å². The molecule has 0 spiro atoms. The average Bonchev–Trinajstić information content (AvgIpc) is 2.17. The maximum atomic E-state index is 5.03. The van der Waals surface area contributed by atoms with E-state index in [2.05, 4.69) is 29.5 Å². The van der Waals surface area contributed by atoms with Crippen LogP contribution in [0.4, 0.5) is 0 Å². The van der Waals surface area contributed by atoms with E-state index in [1.165, 1.54) is 12.8 Å². The van der Waals surface area contributed by atoms with Crippen LogP contribution in [0.1, 0.15) is 26.7 Å². The summed E-state index contributed by atoms with van der Waals surface area (Å²) in [6.45, 7) is 5.89. The Morgan fingerprint density at radius 1 is 1.50 bits per heavy atom. The molecule has 0 fully saturated rings. The van der Waals surface area contributed by atoms with E-state index in [-0.39, 0.29) is 6.04 Å². The third-order valence-electron chi connectivity index (χ3n) is 1.85. The molecule has 0 rings (SSSR count). The van der Waals surface area contributed by atoms with Gasteiger partial charge in [0.1, 0.15) is 0 Å². The lowest BCUT2D eigenvalue weighted by molar-refractivity contribution is 0.179. The average molecular weight is 201 g/mol. The molecule has 0 aliphatic rings. The fourth-order valence-corrected chi connectivity index (χ4v) is 1.10.